The van der Waals surface area contributed by atoms with Crippen molar-refractivity contribution in [2.75, 3.05) is 6.26 Å². The molecule has 7 heteroatoms. The van der Waals surface area contributed by atoms with Gasteiger partial charge in [0.1, 0.15) is 18.1 Å². The monoisotopic (exact) mass is 326 g/mol. The highest BCUT2D eigenvalue weighted by Crippen LogP contribution is 2.29. The Balaban J connectivity index is 2.30. The highest BCUT2D eigenvalue weighted by Gasteiger charge is 2.14. The zero-order valence-corrected chi connectivity index (χ0v) is 12.6. The first kappa shape index (κ1) is 14.9. The van der Waals surface area contributed by atoms with Crippen molar-refractivity contribution in [3.8, 4) is 17.7 Å². The highest BCUT2D eigenvalue weighted by atomic mass is 35.5. The molecule has 1 unspecified atom stereocenters. The van der Waals surface area contributed by atoms with E-state index in [2.05, 4.69) is 4.98 Å². The van der Waals surface area contributed by atoms with Crippen LogP contribution < -0.4 is 4.74 Å². The predicted octanol–water partition coefficient (Wildman–Crippen LogP) is 3.79. The summed E-state index contributed by atoms with van der Waals surface area (Å²) >= 11 is 10.4. The maximum absolute atomic E-state index is 11.4. The lowest BCUT2D eigenvalue weighted by Crippen LogP contribution is -2.03. The first-order valence-corrected chi connectivity index (χ1v) is 7.70. The highest BCUT2D eigenvalue weighted by molar-refractivity contribution is 7.90. The lowest BCUT2D eigenvalue weighted by Gasteiger charge is -2.08. The number of rotatable bonds is 3. The van der Waals surface area contributed by atoms with Gasteiger partial charge in [0, 0.05) is 18.2 Å². The Hall–Kier alpha value is -1.45. The second-order valence-electron chi connectivity index (χ2n) is 3.74. The molecule has 20 heavy (non-hydrogen) atoms. The normalized spacial score (nSPS) is 11.8. The van der Waals surface area contributed by atoms with E-state index in [4.69, 9.17) is 33.2 Å². The molecule has 0 fully saturated rings. The molecule has 4 nitrogen and oxygen atoms in total. The zero-order valence-electron chi connectivity index (χ0n) is 10.3. The van der Waals surface area contributed by atoms with Crippen LogP contribution in [0.2, 0.25) is 10.0 Å². The molecule has 0 aliphatic rings. The molecule has 0 amide bonds. The maximum Gasteiger partial charge on any atom is 0.220 e. The number of nitriles is 1. The molecule has 102 valence electrons. The van der Waals surface area contributed by atoms with Crippen LogP contribution in [0.15, 0.2) is 35.2 Å². The molecule has 0 spiro atoms. The molecule has 0 N–H and O–H groups in total. The molecular weight excluding hydrogens is 319 g/mol. The third-order valence-corrected chi connectivity index (χ3v) is 4.05. The van der Waals surface area contributed by atoms with E-state index in [0.717, 1.165) is 0 Å². The molecule has 0 aliphatic heterocycles. The van der Waals surface area contributed by atoms with Gasteiger partial charge in [-0.15, -0.1) is 0 Å². The van der Waals surface area contributed by atoms with E-state index in [9.17, 15) is 4.55 Å². The summed E-state index contributed by atoms with van der Waals surface area (Å²) in [5.41, 5.74) is 0.0726. The van der Waals surface area contributed by atoms with E-state index in [1.165, 1.54) is 6.26 Å². The topological polar surface area (TPSA) is 69.0 Å². The Bertz CT molecular complexity index is 687. The predicted molar refractivity (Wildman–Crippen MR) is 77.8 cm³/mol. The average molecular weight is 327 g/mol. The lowest BCUT2D eigenvalue weighted by atomic mass is 10.3. The van der Waals surface area contributed by atoms with Gasteiger partial charge in [-0.05, 0) is 23.3 Å². The number of hydrogen-bond donors (Lipinski definition) is 0. The molecular formula is C13H8Cl2N2O2S. The summed E-state index contributed by atoms with van der Waals surface area (Å²) in [6.45, 7) is 0. The van der Waals surface area contributed by atoms with Gasteiger partial charge in [0.2, 0.25) is 5.88 Å². The number of benzene rings is 1. The van der Waals surface area contributed by atoms with E-state index in [-0.39, 0.29) is 11.6 Å². The zero-order chi connectivity index (χ0) is 14.7. The van der Waals surface area contributed by atoms with E-state index in [1.54, 1.807) is 30.3 Å². The van der Waals surface area contributed by atoms with Crippen LogP contribution in [0.3, 0.4) is 0 Å². The third kappa shape index (κ3) is 3.35. The van der Waals surface area contributed by atoms with Crippen LogP contribution in [0.5, 0.6) is 11.6 Å². The molecule has 1 atom stereocenters. The van der Waals surface area contributed by atoms with Crippen molar-refractivity contribution in [2.45, 2.75) is 4.90 Å². The SMILES string of the molecule is C[S+]([O-])c1ccc(Oc2ccc(Cl)c(Cl)c2)nc1C#N. The van der Waals surface area contributed by atoms with Crippen molar-refractivity contribution in [2.24, 2.45) is 0 Å². The van der Waals surface area contributed by atoms with Crippen LogP contribution in [0, 0.1) is 11.3 Å². The van der Waals surface area contributed by atoms with Crippen molar-refractivity contribution in [1.29, 1.82) is 5.26 Å². The minimum absolute atomic E-state index is 0.0726. The number of nitrogens with zero attached hydrogens (tertiary/aromatic N) is 2. The molecule has 1 aromatic heterocycles. The smallest absolute Gasteiger partial charge is 0.220 e. The fraction of sp³-hybridized carbons (Fsp3) is 0.0769. The van der Waals surface area contributed by atoms with Crippen LogP contribution in [-0.4, -0.2) is 15.8 Å². The Kier molecular flexibility index (Phi) is 4.73. The Morgan fingerprint density at radius 2 is 2.00 bits per heavy atom. The van der Waals surface area contributed by atoms with Crippen molar-refractivity contribution in [3.63, 3.8) is 0 Å². The second kappa shape index (κ2) is 6.33. The van der Waals surface area contributed by atoms with Crippen molar-refractivity contribution >= 4 is 34.4 Å². The number of halogens is 2. The fourth-order valence-corrected chi connectivity index (χ4v) is 2.37. The molecule has 0 bridgehead atoms. The largest absolute Gasteiger partial charge is 0.612 e. The lowest BCUT2D eigenvalue weighted by molar-refractivity contribution is 0.461. The second-order valence-corrected chi connectivity index (χ2v) is 5.90. The molecule has 0 saturated carbocycles. The molecule has 0 aliphatic carbocycles. The van der Waals surface area contributed by atoms with E-state index >= 15 is 0 Å². The average Bonchev–Trinajstić information content (AvgIpc) is 2.42. The molecule has 0 saturated heterocycles. The van der Waals surface area contributed by atoms with Crippen molar-refractivity contribution < 1.29 is 9.29 Å². The quantitative estimate of drug-likeness (QED) is 0.804. The Labute approximate surface area is 129 Å². The van der Waals surface area contributed by atoms with Gasteiger partial charge in [-0.1, -0.05) is 23.2 Å². The van der Waals surface area contributed by atoms with Crippen LogP contribution >= 0.6 is 23.2 Å². The fourth-order valence-electron chi connectivity index (χ4n) is 1.46. The van der Waals surface area contributed by atoms with E-state index in [0.29, 0.717) is 20.7 Å². The first-order valence-electron chi connectivity index (χ1n) is 5.38. The molecule has 0 radical (unpaired) electrons. The van der Waals surface area contributed by atoms with Gasteiger partial charge < -0.3 is 9.29 Å². The molecule has 2 aromatic rings. The number of pyridine rings is 1. The van der Waals surface area contributed by atoms with Crippen LogP contribution in [0.25, 0.3) is 0 Å². The van der Waals surface area contributed by atoms with Crippen molar-refractivity contribution in [3.05, 3.63) is 46.1 Å². The summed E-state index contributed by atoms with van der Waals surface area (Å²) in [4.78, 5) is 4.38. The molecule has 1 aromatic carbocycles. The van der Waals surface area contributed by atoms with Gasteiger partial charge in [-0.25, -0.2) is 0 Å². The number of aromatic nitrogens is 1. The summed E-state index contributed by atoms with van der Waals surface area (Å²) in [7, 11) is 0. The number of hydrogen-bond acceptors (Lipinski definition) is 4. The summed E-state index contributed by atoms with van der Waals surface area (Å²) < 4.78 is 16.9. The minimum atomic E-state index is -1.28. The van der Waals surface area contributed by atoms with Gasteiger partial charge in [-0.2, -0.15) is 10.2 Å². The van der Waals surface area contributed by atoms with Crippen LogP contribution in [0.4, 0.5) is 0 Å². The standard InChI is InChI=1S/C13H8Cl2N2O2S/c1-20(18)12-4-5-13(17-11(12)7-16)19-8-2-3-9(14)10(15)6-8/h2-6H,1H3. The van der Waals surface area contributed by atoms with Gasteiger partial charge in [0.15, 0.2) is 10.6 Å². The molecule has 2 rings (SSSR count). The third-order valence-electron chi connectivity index (χ3n) is 2.36. The maximum atomic E-state index is 11.4. The van der Waals surface area contributed by atoms with Crippen molar-refractivity contribution in [1.82, 2.24) is 4.98 Å². The van der Waals surface area contributed by atoms with Gasteiger partial charge in [-0.3, -0.25) is 0 Å². The van der Waals surface area contributed by atoms with Gasteiger partial charge >= 0.3 is 0 Å². The first-order chi connectivity index (χ1) is 9.51. The number of ether oxygens (including phenoxy) is 1. The van der Waals surface area contributed by atoms with Crippen LogP contribution in [0.1, 0.15) is 5.69 Å². The summed E-state index contributed by atoms with van der Waals surface area (Å²) in [6, 6.07) is 9.76. The summed E-state index contributed by atoms with van der Waals surface area (Å²) in [5.74, 6) is 0.662. The van der Waals surface area contributed by atoms with Gasteiger partial charge in [0.25, 0.3) is 0 Å². The van der Waals surface area contributed by atoms with E-state index < -0.39 is 11.2 Å². The van der Waals surface area contributed by atoms with E-state index in [1.807, 2.05) is 6.07 Å². The summed E-state index contributed by atoms with van der Waals surface area (Å²) in [6.07, 6.45) is 1.48. The molecule has 1 heterocycles. The summed E-state index contributed by atoms with van der Waals surface area (Å²) in [5, 5.41) is 9.77. The Morgan fingerprint density at radius 3 is 2.60 bits per heavy atom. The van der Waals surface area contributed by atoms with Crippen LogP contribution in [-0.2, 0) is 11.2 Å². The minimum Gasteiger partial charge on any atom is -0.612 e. The Morgan fingerprint density at radius 1 is 1.25 bits per heavy atom. The van der Waals surface area contributed by atoms with Gasteiger partial charge in [0.05, 0.1) is 10.0 Å².